The quantitative estimate of drug-likeness (QED) is 0.298. The minimum absolute atomic E-state index is 0.0401. The summed E-state index contributed by atoms with van der Waals surface area (Å²) in [7, 11) is -8.36. The third-order valence-corrected chi connectivity index (χ3v) is 5.66. The van der Waals surface area contributed by atoms with Gasteiger partial charge in [-0.15, -0.1) is 0 Å². The largest absolute Gasteiger partial charge is 0.459 e. The topological polar surface area (TPSA) is 144 Å². The molecule has 27 heavy (non-hydrogen) atoms. The molecule has 1 unspecified atom stereocenters. The third-order valence-electron chi connectivity index (χ3n) is 3.59. The molecule has 0 saturated heterocycles. The highest BCUT2D eigenvalue weighted by Crippen LogP contribution is 2.23. The number of ether oxygens (including phenoxy) is 1. The van der Waals surface area contributed by atoms with Gasteiger partial charge in [-0.25, -0.2) is 4.79 Å². The maximum atomic E-state index is 12.0. The highest BCUT2D eigenvalue weighted by molar-refractivity contribution is 7.87. The van der Waals surface area contributed by atoms with E-state index in [1.54, 1.807) is 30.3 Å². The molecule has 0 aliphatic carbocycles. The summed E-state index contributed by atoms with van der Waals surface area (Å²) in [6.45, 7) is 2.30. The number of carbonyl (C=O) groups excluding carboxylic acids is 1. The minimum atomic E-state index is -4.27. The lowest BCUT2D eigenvalue weighted by Gasteiger charge is -2.28. The summed E-state index contributed by atoms with van der Waals surface area (Å²) < 4.78 is 63.1. The molecule has 154 valence electrons. The summed E-state index contributed by atoms with van der Waals surface area (Å²) >= 11 is 0. The van der Waals surface area contributed by atoms with E-state index in [-0.39, 0.29) is 13.0 Å². The molecule has 0 radical (unpaired) electrons. The molecular formula is C16H24O9S2. The average molecular weight is 424 g/mol. The second-order valence-corrected chi connectivity index (χ2v) is 9.98. The number of hydrogen-bond acceptors (Lipinski definition) is 8. The van der Waals surface area contributed by atoms with Gasteiger partial charge in [0.25, 0.3) is 20.2 Å². The molecule has 1 aromatic rings. The van der Waals surface area contributed by atoms with Gasteiger partial charge in [0.2, 0.25) is 0 Å². The Morgan fingerprint density at radius 2 is 1.70 bits per heavy atom. The summed E-state index contributed by atoms with van der Waals surface area (Å²) in [5.74, 6) is -2.26. The van der Waals surface area contributed by atoms with Crippen LogP contribution in [0.15, 0.2) is 30.3 Å². The van der Waals surface area contributed by atoms with Crippen molar-refractivity contribution in [1.29, 1.82) is 0 Å². The summed E-state index contributed by atoms with van der Waals surface area (Å²) in [6.07, 6.45) is -1.97. The molecule has 0 saturated carbocycles. The van der Waals surface area contributed by atoms with Crippen LogP contribution in [-0.4, -0.2) is 56.7 Å². The van der Waals surface area contributed by atoms with Crippen LogP contribution in [0.3, 0.4) is 0 Å². The van der Waals surface area contributed by atoms with Crippen molar-refractivity contribution in [1.82, 2.24) is 0 Å². The summed E-state index contributed by atoms with van der Waals surface area (Å²) in [4.78, 5) is 12.0. The fourth-order valence-corrected chi connectivity index (χ4v) is 3.72. The maximum Gasteiger partial charge on any atom is 0.335 e. The predicted molar refractivity (Wildman–Crippen MR) is 96.8 cm³/mol. The van der Waals surface area contributed by atoms with Gasteiger partial charge in [0.15, 0.2) is 6.10 Å². The van der Waals surface area contributed by atoms with Gasteiger partial charge in [-0.2, -0.15) is 16.8 Å². The van der Waals surface area contributed by atoms with Crippen molar-refractivity contribution in [3.63, 3.8) is 0 Å². The Hall–Kier alpha value is -1.53. The van der Waals surface area contributed by atoms with Crippen LogP contribution in [0.4, 0.5) is 0 Å². The lowest BCUT2D eigenvalue weighted by Crippen LogP contribution is -2.41. The Morgan fingerprint density at radius 3 is 2.26 bits per heavy atom. The van der Waals surface area contributed by atoms with Crippen LogP contribution in [0.25, 0.3) is 0 Å². The maximum absolute atomic E-state index is 12.0. The fourth-order valence-electron chi connectivity index (χ4n) is 1.92. The van der Waals surface area contributed by atoms with Gasteiger partial charge in [0.1, 0.15) is 6.61 Å². The van der Waals surface area contributed by atoms with Crippen LogP contribution in [0.2, 0.25) is 0 Å². The number of aliphatic hydroxyl groups excluding tert-OH is 1. The van der Waals surface area contributed by atoms with Crippen LogP contribution in [0.5, 0.6) is 0 Å². The highest BCUT2D eigenvalue weighted by Gasteiger charge is 2.36. The van der Waals surface area contributed by atoms with Crippen LogP contribution in [0.1, 0.15) is 25.8 Å². The molecule has 1 rings (SSSR count). The molecule has 0 fully saturated rings. The first-order chi connectivity index (χ1) is 12.3. The first-order valence-corrected chi connectivity index (χ1v) is 11.2. The Morgan fingerprint density at radius 1 is 1.11 bits per heavy atom. The van der Waals surface area contributed by atoms with Crippen LogP contribution < -0.4 is 0 Å². The molecule has 0 aromatic heterocycles. The zero-order valence-corrected chi connectivity index (χ0v) is 16.7. The number of benzene rings is 1. The summed E-state index contributed by atoms with van der Waals surface area (Å²) in [5, 5.41) is 10.1. The molecule has 1 aromatic carbocycles. The molecule has 0 heterocycles. The number of hydrogen-bond donors (Lipinski definition) is 2. The second kappa shape index (κ2) is 9.60. The number of esters is 1. The van der Waals surface area contributed by atoms with E-state index in [2.05, 4.69) is 0 Å². The van der Waals surface area contributed by atoms with Gasteiger partial charge in [0.05, 0.1) is 18.1 Å². The molecule has 1 atom stereocenters. The van der Waals surface area contributed by atoms with Crippen molar-refractivity contribution in [2.24, 2.45) is 5.41 Å². The molecule has 2 N–H and O–H groups in total. The van der Waals surface area contributed by atoms with E-state index in [1.807, 2.05) is 0 Å². The summed E-state index contributed by atoms with van der Waals surface area (Å²) in [5.41, 5.74) is -0.544. The van der Waals surface area contributed by atoms with Crippen LogP contribution >= 0.6 is 0 Å². The lowest BCUT2D eigenvalue weighted by atomic mass is 9.88. The number of aliphatic hydroxyl groups is 1. The summed E-state index contributed by atoms with van der Waals surface area (Å²) in [6, 6.07) is 8.83. The zero-order valence-electron chi connectivity index (χ0n) is 15.1. The van der Waals surface area contributed by atoms with E-state index in [9.17, 15) is 26.7 Å². The van der Waals surface area contributed by atoms with E-state index in [1.165, 1.54) is 13.8 Å². The SMILES string of the molecule is CC(C)(COS(=O)(=O)CCCS(=O)(=O)O)C(O)C(=O)OCc1ccccc1. The first kappa shape index (κ1) is 23.5. The number of rotatable bonds is 11. The fraction of sp³-hybridized carbons (Fsp3) is 0.562. The molecule has 0 spiro atoms. The van der Waals surface area contributed by atoms with Crippen molar-refractivity contribution >= 4 is 26.2 Å². The Balaban J connectivity index is 2.53. The lowest BCUT2D eigenvalue weighted by molar-refractivity contribution is -0.162. The Bertz CT molecular complexity index is 815. The molecule has 0 aliphatic heterocycles. The van der Waals surface area contributed by atoms with Gasteiger partial charge in [-0.3, -0.25) is 8.74 Å². The monoisotopic (exact) mass is 424 g/mol. The smallest absolute Gasteiger partial charge is 0.335 e. The van der Waals surface area contributed by atoms with E-state index in [0.717, 1.165) is 5.56 Å². The van der Waals surface area contributed by atoms with E-state index < -0.39 is 55.8 Å². The highest BCUT2D eigenvalue weighted by atomic mass is 32.2. The van der Waals surface area contributed by atoms with Crippen LogP contribution in [0, 0.1) is 5.41 Å². The van der Waals surface area contributed by atoms with Crippen molar-refractivity contribution in [2.75, 3.05) is 18.1 Å². The molecule has 11 heteroatoms. The van der Waals surface area contributed by atoms with Gasteiger partial charge in [-0.05, 0) is 12.0 Å². The molecule has 0 bridgehead atoms. The van der Waals surface area contributed by atoms with Gasteiger partial charge in [0, 0.05) is 5.41 Å². The van der Waals surface area contributed by atoms with Gasteiger partial charge in [-0.1, -0.05) is 44.2 Å². The van der Waals surface area contributed by atoms with Crippen LogP contribution in [-0.2, 0) is 40.6 Å². The van der Waals surface area contributed by atoms with Crippen molar-refractivity contribution in [3.05, 3.63) is 35.9 Å². The second-order valence-electron chi connectivity index (χ2n) is 6.65. The zero-order chi connectivity index (χ0) is 20.7. The van der Waals surface area contributed by atoms with E-state index in [4.69, 9.17) is 13.5 Å². The first-order valence-electron chi connectivity index (χ1n) is 8.03. The van der Waals surface area contributed by atoms with Crippen molar-refractivity contribution in [2.45, 2.75) is 33.0 Å². The molecule has 9 nitrogen and oxygen atoms in total. The molecule has 0 amide bonds. The Labute approximate surface area is 159 Å². The molecule has 0 aliphatic rings. The normalized spacial score (nSPS) is 13.9. The van der Waals surface area contributed by atoms with Crippen molar-refractivity contribution in [3.8, 4) is 0 Å². The van der Waals surface area contributed by atoms with E-state index in [0.29, 0.717) is 0 Å². The van der Waals surface area contributed by atoms with E-state index >= 15 is 0 Å². The standard InChI is InChI=1S/C16H24O9S2/c1-16(2,12-25-27(22,23)10-6-9-26(19,20)21)14(17)15(18)24-11-13-7-4-3-5-8-13/h3-5,7-8,14,17H,6,9-12H2,1-2H3,(H,19,20,21). The predicted octanol–water partition coefficient (Wildman–Crippen LogP) is 0.741. The third kappa shape index (κ3) is 9.29. The van der Waals surface area contributed by atoms with Crippen molar-refractivity contribution < 1.29 is 40.2 Å². The van der Waals surface area contributed by atoms with Gasteiger partial charge < -0.3 is 9.84 Å². The minimum Gasteiger partial charge on any atom is -0.459 e. The average Bonchev–Trinajstić information content (AvgIpc) is 2.57. The Kier molecular flexibility index (Phi) is 8.36. The van der Waals surface area contributed by atoms with Gasteiger partial charge >= 0.3 is 5.97 Å². The molecular weight excluding hydrogens is 400 g/mol. The number of carbonyl (C=O) groups is 1.